The summed E-state index contributed by atoms with van der Waals surface area (Å²) < 4.78 is 0. The molecule has 0 saturated carbocycles. The average molecular weight is 566 g/mol. The highest BCUT2D eigenvalue weighted by molar-refractivity contribution is 5.76. The molecule has 0 fully saturated rings. The number of aliphatic hydroxyl groups is 2. The summed E-state index contributed by atoms with van der Waals surface area (Å²) in [6.45, 7) is 4.33. The molecule has 238 valence electrons. The van der Waals surface area contributed by atoms with Gasteiger partial charge in [0, 0.05) is 6.42 Å². The third-order valence-electron chi connectivity index (χ3n) is 8.28. The highest BCUT2D eigenvalue weighted by Crippen LogP contribution is 2.14. The Bertz CT molecular complexity index is 536. The van der Waals surface area contributed by atoms with Crippen LogP contribution in [0.15, 0.2) is 12.2 Å². The molecule has 0 heterocycles. The number of aliphatic hydroxyl groups excluding tert-OH is 2. The second-order valence-electron chi connectivity index (χ2n) is 12.3. The molecule has 0 aromatic carbocycles. The Labute approximate surface area is 250 Å². The Balaban J connectivity index is 3.59. The van der Waals surface area contributed by atoms with Crippen molar-refractivity contribution in [1.29, 1.82) is 0 Å². The third kappa shape index (κ3) is 28.7. The summed E-state index contributed by atoms with van der Waals surface area (Å²) in [5.41, 5.74) is 0. The monoisotopic (exact) mass is 566 g/mol. The van der Waals surface area contributed by atoms with Crippen LogP contribution in [0, 0.1) is 0 Å². The minimum atomic E-state index is -0.674. The molecule has 0 spiro atoms. The summed E-state index contributed by atoms with van der Waals surface area (Å²) in [6.07, 6.45) is 38.3. The Kier molecular flexibility index (Phi) is 31.9. The normalized spacial score (nSPS) is 13.2. The third-order valence-corrected chi connectivity index (χ3v) is 8.28. The van der Waals surface area contributed by atoms with Crippen LogP contribution in [0.2, 0.25) is 0 Å². The predicted molar refractivity (Wildman–Crippen MR) is 175 cm³/mol. The molecule has 40 heavy (non-hydrogen) atoms. The Morgan fingerprint density at radius 2 is 0.950 bits per heavy atom. The summed E-state index contributed by atoms with van der Waals surface area (Å²) in [5.74, 6) is -0.0416. The number of amides is 1. The summed E-state index contributed by atoms with van der Waals surface area (Å²) in [6, 6.07) is -0.545. The maximum atomic E-state index is 12.3. The molecule has 0 aliphatic heterocycles. The van der Waals surface area contributed by atoms with Gasteiger partial charge in [0.25, 0.3) is 0 Å². The average Bonchev–Trinajstić information content (AvgIpc) is 2.96. The summed E-state index contributed by atoms with van der Waals surface area (Å²) >= 11 is 0. The van der Waals surface area contributed by atoms with E-state index in [0.29, 0.717) is 12.8 Å². The quantitative estimate of drug-likeness (QED) is 0.0561. The van der Waals surface area contributed by atoms with Crippen LogP contribution in [0.3, 0.4) is 0 Å². The van der Waals surface area contributed by atoms with Crippen molar-refractivity contribution in [3.63, 3.8) is 0 Å². The van der Waals surface area contributed by atoms with Gasteiger partial charge in [-0.2, -0.15) is 0 Å². The number of nitrogens with one attached hydrogen (secondary N) is 1. The van der Waals surface area contributed by atoms with Gasteiger partial charge in [0.1, 0.15) is 0 Å². The van der Waals surface area contributed by atoms with Crippen LogP contribution in [0.5, 0.6) is 0 Å². The van der Waals surface area contributed by atoms with Gasteiger partial charge in [-0.15, -0.1) is 0 Å². The topological polar surface area (TPSA) is 69.6 Å². The fourth-order valence-electron chi connectivity index (χ4n) is 5.47. The van der Waals surface area contributed by atoms with Crippen molar-refractivity contribution in [2.45, 2.75) is 206 Å². The van der Waals surface area contributed by atoms with Crippen molar-refractivity contribution >= 4 is 5.91 Å². The van der Waals surface area contributed by atoms with E-state index in [2.05, 4.69) is 31.3 Å². The molecule has 0 radical (unpaired) electrons. The smallest absolute Gasteiger partial charge is 0.220 e. The first-order valence-electron chi connectivity index (χ1n) is 17.9. The molecular formula is C36H71NO3. The molecule has 4 nitrogen and oxygen atoms in total. The van der Waals surface area contributed by atoms with E-state index in [9.17, 15) is 15.0 Å². The molecule has 3 N–H and O–H groups in total. The fraction of sp³-hybridized carbons (Fsp3) is 0.917. The van der Waals surface area contributed by atoms with Gasteiger partial charge in [0.15, 0.2) is 0 Å². The number of allylic oxidation sites excluding steroid dienone is 2. The van der Waals surface area contributed by atoms with E-state index in [4.69, 9.17) is 0 Å². The molecule has 0 aliphatic carbocycles. The van der Waals surface area contributed by atoms with Gasteiger partial charge in [-0.05, 0) is 38.5 Å². The van der Waals surface area contributed by atoms with Crippen LogP contribution in [0.1, 0.15) is 194 Å². The van der Waals surface area contributed by atoms with Crippen LogP contribution in [-0.4, -0.2) is 34.9 Å². The summed E-state index contributed by atoms with van der Waals surface area (Å²) in [7, 11) is 0. The molecule has 0 bridgehead atoms. The van der Waals surface area contributed by atoms with Crippen molar-refractivity contribution in [3.8, 4) is 0 Å². The standard InChI is InChI=1S/C36H71NO3/c1-3-5-7-9-11-13-15-17-18-19-20-21-23-25-27-29-31-35(39)34(33-38)37-36(40)32-30-28-26-24-22-16-14-12-10-8-6-4-2/h21,23,34-35,38-39H,3-20,22,24-33H2,1-2H3,(H,37,40)/b23-21+/t34-,35+/m0/s1. The van der Waals surface area contributed by atoms with E-state index in [0.717, 1.165) is 32.1 Å². The number of hydrogen-bond acceptors (Lipinski definition) is 3. The van der Waals surface area contributed by atoms with Crippen molar-refractivity contribution < 1.29 is 15.0 Å². The van der Waals surface area contributed by atoms with Crippen molar-refractivity contribution in [1.82, 2.24) is 5.32 Å². The lowest BCUT2D eigenvalue weighted by atomic mass is 10.0. The van der Waals surface area contributed by atoms with Crippen LogP contribution < -0.4 is 5.32 Å². The van der Waals surface area contributed by atoms with Gasteiger partial charge in [-0.25, -0.2) is 0 Å². The zero-order chi connectivity index (χ0) is 29.4. The summed E-state index contributed by atoms with van der Waals surface area (Å²) in [5, 5.41) is 23.0. The molecule has 2 atom stereocenters. The highest BCUT2D eigenvalue weighted by atomic mass is 16.3. The minimum absolute atomic E-state index is 0.0416. The van der Waals surface area contributed by atoms with Crippen molar-refractivity contribution in [2.75, 3.05) is 6.61 Å². The Morgan fingerprint density at radius 3 is 1.38 bits per heavy atom. The first-order valence-corrected chi connectivity index (χ1v) is 17.9. The maximum Gasteiger partial charge on any atom is 0.220 e. The molecule has 0 saturated heterocycles. The van der Waals surface area contributed by atoms with E-state index < -0.39 is 12.1 Å². The predicted octanol–water partition coefficient (Wildman–Crippen LogP) is 10.3. The molecule has 0 rings (SSSR count). The lowest BCUT2D eigenvalue weighted by Gasteiger charge is -2.22. The Hall–Kier alpha value is -0.870. The van der Waals surface area contributed by atoms with Gasteiger partial charge in [-0.3, -0.25) is 4.79 Å². The van der Waals surface area contributed by atoms with E-state index in [1.54, 1.807) is 0 Å². The number of rotatable bonds is 32. The molecular weight excluding hydrogens is 494 g/mol. The van der Waals surface area contributed by atoms with Crippen molar-refractivity contribution in [2.24, 2.45) is 0 Å². The van der Waals surface area contributed by atoms with E-state index in [1.807, 2.05) is 0 Å². The second kappa shape index (κ2) is 32.6. The zero-order valence-electron chi connectivity index (χ0n) is 27.1. The Morgan fingerprint density at radius 1 is 0.575 bits per heavy atom. The number of carbonyl (C=O) groups excluding carboxylic acids is 1. The first-order chi connectivity index (χ1) is 19.7. The lowest BCUT2D eigenvalue weighted by Crippen LogP contribution is -2.45. The van der Waals surface area contributed by atoms with E-state index in [1.165, 1.54) is 135 Å². The molecule has 4 heteroatoms. The van der Waals surface area contributed by atoms with Gasteiger partial charge in [0.2, 0.25) is 5.91 Å². The lowest BCUT2D eigenvalue weighted by molar-refractivity contribution is -0.123. The second-order valence-corrected chi connectivity index (χ2v) is 12.3. The molecule has 0 aliphatic rings. The van der Waals surface area contributed by atoms with E-state index >= 15 is 0 Å². The molecule has 0 aromatic rings. The number of hydrogen-bond donors (Lipinski definition) is 3. The number of carbonyl (C=O) groups is 1. The molecule has 0 aromatic heterocycles. The van der Waals surface area contributed by atoms with Crippen LogP contribution >= 0.6 is 0 Å². The maximum absolute atomic E-state index is 12.3. The van der Waals surface area contributed by atoms with Gasteiger partial charge in [-0.1, -0.05) is 161 Å². The van der Waals surface area contributed by atoms with Crippen molar-refractivity contribution in [3.05, 3.63) is 12.2 Å². The minimum Gasteiger partial charge on any atom is -0.394 e. The van der Waals surface area contributed by atoms with Crippen LogP contribution in [0.4, 0.5) is 0 Å². The van der Waals surface area contributed by atoms with E-state index in [-0.39, 0.29) is 12.5 Å². The highest BCUT2D eigenvalue weighted by Gasteiger charge is 2.19. The first kappa shape index (κ1) is 39.1. The van der Waals surface area contributed by atoms with Crippen LogP contribution in [-0.2, 0) is 4.79 Å². The molecule has 0 unspecified atom stereocenters. The van der Waals surface area contributed by atoms with Gasteiger partial charge in [0.05, 0.1) is 18.8 Å². The number of unbranched alkanes of at least 4 members (excludes halogenated alkanes) is 23. The molecule has 1 amide bonds. The van der Waals surface area contributed by atoms with Crippen LogP contribution in [0.25, 0.3) is 0 Å². The SMILES string of the molecule is CCCCCCCCCCCC/C=C/CCCC[C@@H](O)[C@H](CO)NC(=O)CCCCCCCCCCCCCC. The fourth-order valence-corrected chi connectivity index (χ4v) is 5.47. The van der Waals surface area contributed by atoms with Gasteiger partial charge >= 0.3 is 0 Å². The summed E-state index contributed by atoms with van der Waals surface area (Å²) in [4.78, 5) is 12.3. The largest absolute Gasteiger partial charge is 0.394 e. The zero-order valence-corrected chi connectivity index (χ0v) is 27.1. The van der Waals surface area contributed by atoms with Gasteiger partial charge < -0.3 is 15.5 Å².